The lowest BCUT2D eigenvalue weighted by Gasteiger charge is -2.22. The summed E-state index contributed by atoms with van der Waals surface area (Å²) in [6.07, 6.45) is 0.00833. The molecule has 6 nitrogen and oxygen atoms in total. The van der Waals surface area contributed by atoms with Crippen LogP contribution in [-0.2, 0) is 0 Å². The molecule has 6 heteroatoms. The Morgan fingerprint density at radius 1 is 1.21 bits per heavy atom. The van der Waals surface area contributed by atoms with Crippen LogP contribution in [0.15, 0.2) is 29.3 Å². The highest BCUT2D eigenvalue weighted by molar-refractivity contribution is 5.79. The molecule has 0 aliphatic carbocycles. The summed E-state index contributed by atoms with van der Waals surface area (Å²) in [7, 11) is 5.54. The van der Waals surface area contributed by atoms with E-state index in [1.165, 1.54) is 0 Å². The van der Waals surface area contributed by atoms with Crippen LogP contribution < -0.4 is 20.1 Å². The Morgan fingerprint density at radius 2 is 1.92 bits per heavy atom. The minimum atomic E-state index is 0.00833. The molecule has 2 N–H and O–H groups in total. The Morgan fingerprint density at radius 3 is 2.54 bits per heavy atom. The molecule has 0 fully saturated rings. The number of rotatable bonds is 9. The van der Waals surface area contributed by atoms with Crippen molar-refractivity contribution in [3.8, 4) is 11.5 Å². The van der Waals surface area contributed by atoms with Gasteiger partial charge in [-0.1, -0.05) is 6.07 Å². The summed E-state index contributed by atoms with van der Waals surface area (Å²) in [6, 6.07) is 8.16. The third-order valence-electron chi connectivity index (χ3n) is 3.80. The minimum absolute atomic E-state index is 0.00833. The molecular weight excluding hydrogens is 304 g/mol. The quantitative estimate of drug-likeness (QED) is 0.533. The van der Waals surface area contributed by atoms with Crippen LogP contribution in [0.1, 0.15) is 20.8 Å². The maximum Gasteiger partial charge on any atom is 0.191 e. The highest BCUT2D eigenvalue weighted by atomic mass is 16.5. The predicted molar refractivity (Wildman–Crippen MR) is 100 cm³/mol. The van der Waals surface area contributed by atoms with Crippen LogP contribution in [0, 0.1) is 0 Å². The van der Waals surface area contributed by atoms with Gasteiger partial charge in [0.05, 0.1) is 13.7 Å². The number of ether oxygens (including phenoxy) is 2. The van der Waals surface area contributed by atoms with Crippen molar-refractivity contribution in [1.29, 1.82) is 0 Å². The number of likely N-dealkylation sites (N-methyl/N-ethyl adjacent to an activating group) is 1. The highest BCUT2D eigenvalue weighted by Crippen LogP contribution is 2.19. The highest BCUT2D eigenvalue weighted by Gasteiger charge is 2.07. The zero-order valence-corrected chi connectivity index (χ0v) is 15.8. The average Bonchev–Trinajstić information content (AvgIpc) is 2.57. The minimum Gasteiger partial charge on any atom is -0.497 e. The number of nitrogens with one attached hydrogen (secondary N) is 2. The average molecular weight is 336 g/mol. The van der Waals surface area contributed by atoms with E-state index in [4.69, 9.17) is 9.47 Å². The Hall–Kier alpha value is -1.95. The van der Waals surface area contributed by atoms with Gasteiger partial charge in [-0.3, -0.25) is 4.99 Å². The molecule has 0 spiro atoms. The molecule has 0 bridgehead atoms. The van der Waals surface area contributed by atoms with Crippen LogP contribution in [-0.4, -0.2) is 63.8 Å². The van der Waals surface area contributed by atoms with E-state index in [0.717, 1.165) is 30.5 Å². The molecule has 0 saturated carbocycles. The van der Waals surface area contributed by atoms with Gasteiger partial charge in [0.2, 0.25) is 0 Å². The normalized spacial score (nSPS) is 13.1. The molecule has 136 valence electrons. The van der Waals surface area contributed by atoms with Crippen molar-refractivity contribution in [3.05, 3.63) is 24.3 Å². The Balaban J connectivity index is 2.34. The van der Waals surface area contributed by atoms with Crippen molar-refractivity contribution in [1.82, 2.24) is 15.5 Å². The van der Waals surface area contributed by atoms with E-state index in [1.807, 2.05) is 31.2 Å². The molecule has 0 saturated heterocycles. The fourth-order valence-corrected chi connectivity index (χ4v) is 2.02. The van der Waals surface area contributed by atoms with Crippen molar-refractivity contribution >= 4 is 5.96 Å². The van der Waals surface area contributed by atoms with Crippen molar-refractivity contribution in [3.63, 3.8) is 0 Å². The van der Waals surface area contributed by atoms with Gasteiger partial charge in [-0.05, 0) is 40.0 Å². The van der Waals surface area contributed by atoms with Crippen LogP contribution in [0.3, 0.4) is 0 Å². The van der Waals surface area contributed by atoms with Gasteiger partial charge in [0.15, 0.2) is 5.96 Å². The zero-order chi connectivity index (χ0) is 17.9. The Labute approximate surface area is 146 Å². The second kappa shape index (κ2) is 10.8. The van der Waals surface area contributed by atoms with Crippen LogP contribution in [0.2, 0.25) is 0 Å². The maximum absolute atomic E-state index is 5.89. The van der Waals surface area contributed by atoms with E-state index in [1.54, 1.807) is 14.2 Å². The first-order valence-corrected chi connectivity index (χ1v) is 8.41. The van der Waals surface area contributed by atoms with Crippen molar-refractivity contribution in [2.24, 2.45) is 4.99 Å². The molecule has 24 heavy (non-hydrogen) atoms. The second-order valence-corrected chi connectivity index (χ2v) is 6.06. The third-order valence-corrected chi connectivity index (χ3v) is 3.80. The number of hydrogen-bond acceptors (Lipinski definition) is 4. The van der Waals surface area contributed by atoms with Crippen LogP contribution >= 0.6 is 0 Å². The monoisotopic (exact) mass is 336 g/mol. The van der Waals surface area contributed by atoms with Crippen LogP contribution in [0.25, 0.3) is 0 Å². The van der Waals surface area contributed by atoms with Crippen LogP contribution in [0.4, 0.5) is 0 Å². The van der Waals surface area contributed by atoms with Gasteiger partial charge >= 0.3 is 0 Å². The van der Waals surface area contributed by atoms with Crippen molar-refractivity contribution in [2.75, 3.05) is 40.8 Å². The Bertz CT molecular complexity index is 506. The SMILES string of the molecule is CN=C(NCCN(C)C(C)C)NCC(C)Oc1cccc(OC)c1. The summed E-state index contributed by atoms with van der Waals surface area (Å²) in [5, 5.41) is 6.60. The molecule has 1 atom stereocenters. The summed E-state index contributed by atoms with van der Waals surface area (Å²) in [6.45, 7) is 8.87. The molecule has 1 aromatic rings. The van der Waals surface area contributed by atoms with Gasteiger partial charge in [-0.15, -0.1) is 0 Å². The first-order chi connectivity index (χ1) is 11.5. The largest absolute Gasteiger partial charge is 0.497 e. The van der Waals surface area contributed by atoms with Crippen LogP contribution in [0.5, 0.6) is 11.5 Å². The van der Waals surface area contributed by atoms with Gasteiger partial charge in [0.1, 0.15) is 17.6 Å². The molecule has 0 amide bonds. The molecule has 1 unspecified atom stereocenters. The predicted octanol–water partition coefficient (Wildman–Crippen LogP) is 1.97. The molecule has 1 rings (SSSR count). The number of aliphatic imine (C=N–C) groups is 1. The third kappa shape index (κ3) is 7.55. The summed E-state index contributed by atoms with van der Waals surface area (Å²) < 4.78 is 11.1. The first kappa shape index (κ1) is 20.1. The van der Waals surface area contributed by atoms with Gasteiger partial charge in [0.25, 0.3) is 0 Å². The summed E-state index contributed by atoms with van der Waals surface area (Å²) >= 11 is 0. The number of nitrogens with zero attached hydrogens (tertiary/aromatic N) is 2. The lowest BCUT2D eigenvalue weighted by molar-refractivity contribution is 0.222. The molecule has 0 aromatic heterocycles. The van der Waals surface area contributed by atoms with Crippen molar-refractivity contribution < 1.29 is 9.47 Å². The number of guanidine groups is 1. The number of hydrogen-bond donors (Lipinski definition) is 2. The standard InChI is InChI=1S/C18H32N4O2/c1-14(2)22(5)11-10-20-18(19-4)21-13-15(3)24-17-9-7-8-16(12-17)23-6/h7-9,12,14-15H,10-11,13H2,1-6H3,(H2,19,20,21). The van der Waals surface area contributed by atoms with E-state index in [-0.39, 0.29) is 6.10 Å². The fourth-order valence-electron chi connectivity index (χ4n) is 2.02. The zero-order valence-electron chi connectivity index (χ0n) is 15.8. The van der Waals surface area contributed by atoms with Crippen molar-refractivity contribution in [2.45, 2.75) is 32.9 Å². The van der Waals surface area contributed by atoms with Gasteiger partial charge < -0.3 is 25.0 Å². The summed E-state index contributed by atoms with van der Waals surface area (Å²) in [4.78, 5) is 6.52. The van der Waals surface area contributed by atoms with Gasteiger partial charge in [-0.2, -0.15) is 0 Å². The number of benzene rings is 1. The lowest BCUT2D eigenvalue weighted by Crippen LogP contribution is -2.44. The van der Waals surface area contributed by atoms with E-state index in [0.29, 0.717) is 12.6 Å². The van der Waals surface area contributed by atoms with Gasteiger partial charge in [0, 0.05) is 32.2 Å². The fraction of sp³-hybridized carbons (Fsp3) is 0.611. The van der Waals surface area contributed by atoms with E-state index >= 15 is 0 Å². The maximum atomic E-state index is 5.89. The molecular formula is C18H32N4O2. The summed E-state index contributed by atoms with van der Waals surface area (Å²) in [5.74, 6) is 2.37. The van der Waals surface area contributed by atoms with Gasteiger partial charge in [-0.25, -0.2) is 0 Å². The smallest absolute Gasteiger partial charge is 0.191 e. The number of methoxy groups -OCH3 is 1. The first-order valence-electron chi connectivity index (χ1n) is 8.41. The second-order valence-electron chi connectivity index (χ2n) is 6.06. The summed E-state index contributed by atoms with van der Waals surface area (Å²) in [5.41, 5.74) is 0. The topological polar surface area (TPSA) is 58.1 Å². The molecule has 0 radical (unpaired) electrons. The lowest BCUT2D eigenvalue weighted by atomic mass is 10.3. The van der Waals surface area contributed by atoms with E-state index in [9.17, 15) is 0 Å². The molecule has 0 heterocycles. The van der Waals surface area contributed by atoms with E-state index in [2.05, 4.69) is 41.4 Å². The molecule has 1 aromatic carbocycles. The Kier molecular flexibility index (Phi) is 9.01. The van der Waals surface area contributed by atoms with E-state index < -0.39 is 0 Å². The molecule has 0 aliphatic heterocycles. The molecule has 0 aliphatic rings.